The Hall–Kier alpha value is -1.95. The molecule has 3 rings (SSSR count). The molecule has 1 heterocycles. The van der Waals surface area contributed by atoms with Crippen LogP contribution < -0.4 is 0 Å². The molecule has 23 heavy (non-hydrogen) atoms. The van der Waals surface area contributed by atoms with E-state index >= 15 is 0 Å². The van der Waals surface area contributed by atoms with Gasteiger partial charge in [-0.1, -0.05) is 30.9 Å². The van der Waals surface area contributed by atoms with Crippen molar-refractivity contribution in [2.45, 2.75) is 44.7 Å². The number of amides is 1. The Balaban J connectivity index is 1.72. The lowest BCUT2D eigenvalue weighted by Crippen LogP contribution is -2.40. The summed E-state index contributed by atoms with van der Waals surface area (Å²) in [6, 6.07) is 7.60. The highest BCUT2D eigenvalue weighted by Gasteiger charge is 2.23. The highest BCUT2D eigenvalue weighted by molar-refractivity contribution is 6.30. The van der Waals surface area contributed by atoms with E-state index in [1.54, 1.807) is 16.8 Å². The Kier molecular flexibility index (Phi) is 4.91. The van der Waals surface area contributed by atoms with Crippen molar-refractivity contribution in [2.24, 2.45) is 0 Å². The van der Waals surface area contributed by atoms with Gasteiger partial charge in [0, 0.05) is 23.7 Å². The predicted octanol–water partition coefficient (Wildman–Crippen LogP) is 2.78. The predicted molar refractivity (Wildman–Crippen MR) is 87.9 cm³/mol. The number of benzene rings is 1. The first-order valence-electron chi connectivity index (χ1n) is 7.93. The third-order valence-electron chi connectivity index (χ3n) is 4.44. The fourth-order valence-electron chi connectivity index (χ4n) is 3.03. The maximum Gasteiger partial charge on any atom is 0.244 e. The van der Waals surface area contributed by atoms with Gasteiger partial charge >= 0.3 is 0 Å². The molecule has 0 radical (unpaired) electrons. The Labute approximate surface area is 140 Å². The van der Waals surface area contributed by atoms with Gasteiger partial charge in [-0.25, -0.2) is 4.68 Å². The van der Waals surface area contributed by atoms with Crippen molar-refractivity contribution in [1.82, 2.24) is 25.1 Å². The summed E-state index contributed by atoms with van der Waals surface area (Å²) in [5.41, 5.74) is 0.840. The van der Waals surface area contributed by atoms with E-state index in [-0.39, 0.29) is 12.5 Å². The molecule has 6 nitrogen and oxygen atoms in total. The molecule has 1 aliphatic rings. The molecule has 1 fully saturated rings. The molecule has 0 atom stereocenters. The standard InChI is InChI=1S/C16H20ClN5O/c1-21(14-5-3-2-4-6-14)15(23)11-22-16(18-19-20-22)12-7-9-13(17)10-8-12/h7-10,14H,2-6,11H2,1H3. The average molecular weight is 334 g/mol. The van der Waals surface area contributed by atoms with E-state index in [0.29, 0.717) is 16.9 Å². The first kappa shape index (κ1) is 15.9. The molecule has 0 saturated heterocycles. The lowest BCUT2D eigenvalue weighted by atomic mass is 9.94. The van der Waals surface area contributed by atoms with Crippen LogP contribution in [0.1, 0.15) is 32.1 Å². The average Bonchev–Trinajstić information content (AvgIpc) is 3.03. The van der Waals surface area contributed by atoms with Crippen molar-refractivity contribution in [3.8, 4) is 11.4 Å². The maximum atomic E-state index is 12.5. The van der Waals surface area contributed by atoms with E-state index < -0.39 is 0 Å². The van der Waals surface area contributed by atoms with E-state index in [1.807, 2.05) is 24.1 Å². The summed E-state index contributed by atoms with van der Waals surface area (Å²) < 4.78 is 1.55. The Bertz CT molecular complexity index is 663. The molecular formula is C16H20ClN5O. The van der Waals surface area contributed by atoms with Crippen LogP contribution >= 0.6 is 11.6 Å². The number of aromatic nitrogens is 4. The van der Waals surface area contributed by atoms with Crippen molar-refractivity contribution in [3.05, 3.63) is 29.3 Å². The topological polar surface area (TPSA) is 63.9 Å². The number of likely N-dealkylation sites (N-methyl/N-ethyl adjacent to an activating group) is 1. The Morgan fingerprint density at radius 3 is 2.65 bits per heavy atom. The van der Waals surface area contributed by atoms with Gasteiger partial charge in [-0.3, -0.25) is 4.79 Å². The van der Waals surface area contributed by atoms with Gasteiger partial charge in [0.1, 0.15) is 6.54 Å². The van der Waals surface area contributed by atoms with Crippen LogP contribution in [-0.4, -0.2) is 44.1 Å². The molecule has 1 aromatic heterocycles. The second-order valence-electron chi connectivity index (χ2n) is 5.96. The number of carbonyl (C=O) groups is 1. The summed E-state index contributed by atoms with van der Waals surface area (Å²) in [7, 11) is 1.88. The number of hydrogen-bond donors (Lipinski definition) is 0. The van der Waals surface area contributed by atoms with Crippen molar-refractivity contribution in [3.63, 3.8) is 0 Å². The summed E-state index contributed by atoms with van der Waals surface area (Å²) in [5.74, 6) is 0.617. The van der Waals surface area contributed by atoms with Crippen molar-refractivity contribution in [2.75, 3.05) is 7.05 Å². The van der Waals surface area contributed by atoms with Crippen molar-refractivity contribution >= 4 is 17.5 Å². The number of rotatable bonds is 4. The van der Waals surface area contributed by atoms with E-state index in [9.17, 15) is 4.79 Å². The number of carbonyl (C=O) groups excluding carboxylic acids is 1. The smallest absolute Gasteiger partial charge is 0.244 e. The zero-order valence-corrected chi connectivity index (χ0v) is 13.9. The van der Waals surface area contributed by atoms with Crippen LogP contribution in [0.2, 0.25) is 5.02 Å². The van der Waals surface area contributed by atoms with Gasteiger partial charge < -0.3 is 4.90 Å². The lowest BCUT2D eigenvalue weighted by molar-refractivity contribution is -0.133. The molecular weight excluding hydrogens is 314 g/mol. The van der Waals surface area contributed by atoms with Crippen LogP contribution in [-0.2, 0) is 11.3 Å². The molecule has 7 heteroatoms. The van der Waals surface area contributed by atoms with Gasteiger partial charge in [-0.05, 0) is 47.5 Å². The van der Waals surface area contributed by atoms with Gasteiger partial charge in [0.25, 0.3) is 0 Å². The first-order valence-corrected chi connectivity index (χ1v) is 8.30. The van der Waals surface area contributed by atoms with Gasteiger partial charge in [0.05, 0.1) is 0 Å². The minimum atomic E-state index is 0.0411. The van der Waals surface area contributed by atoms with Crippen LogP contribution in [0.5, 0.6) is 0 Å². The zero-order chi connectivity index (χ0) is 16.2. The van der Waals surface area contributed by atoms with Gasteiger partial charge in [0.2, 0.25) is 5.91 Å². The minimum Gasteiger partial charge on any atom is -0.341 e. The van der Waals surface area contributed by atoms with Crippen molar-refractivity contribution < 1.29 is 4.79 Å². The molecule has 1 saturated carbocycles. The molecule has 0 bridgehead atoms. The van der Waals surface area contributed by atoms with Crippen LogP contribution in [0, 0.1) is 0 Å². The molecule has 0 unspecified atom stereocenters. The summed E-state index contributed by atoms with van der Waals surface area (Å²) in [4.78, 5) is 14.4. The fraction of sp³-hybridized carbons (Fsp3) is 0.500. The summed E-state index contributed by atoms with van der Waals surface area (Å²) in [6.45, 7) is 0.151. The fourth-order valence-corrected chi connectivity index (χ4v) is 3.15. The van der Waals surface area contributed by atoms with Gasteiger partial charge in [-0.2, -0.15) is 0 Å². The minimum absolute atomic E-state index is 0.0411. The van der Waals surface area contributed by atoms with Crippen LogP contribution in [0.25, 0.3) is 11.4 Å². The lowest BCUT2D eigenvalue weighted by Gasteiger charge is -2.31. The summed E-state index contributed by atoms with van der Waals surface area (Å²) >= 11 is 5.91. The van der Waals surface area contributed by atoms with Gasteiger partial charge in [-0.15, -0.1) is 5.10 Å². The SMILES string of the molecule is CN(C(=O)Cn1nnnc1-c1ccc(Cl)cc1)C1CCCCC1. The van der Waals surface area contributed by atoms with E-state index in [0.717, 1.165) is 18.4 Å². The second-order valence-corrected chi connectivity index (χ2v) is 6.40. The molecule has 0 aliphatic heterocycles. The Morgan fingerprint density at radius 1 is 1.26 bits per heavy atom. The monoisotopic (exact) mass is 333 g/mol. The molecule has 122 valence electrons. The van der Waals surface area contributed by atoms with Gasteiger partial charge in [0.15, 0.2) is 5.82 Å². The van der Waals surface area contributed by atoms with Crippen LogP contribution in [0.3, 0.4) is 0 Å². The van der Waals surface area contributed by atoms with E-state index in [4.69, 9.17) is 11.6 Å². The normalized spacial score (nSPS) is 15.6. The van der Waals surface area contributed by atoms with Crippen molar-refractivity contribution in [1.29, 1.82) is 0 Å². The molecule has 0 N–H and O–H groups in total. The summed E-state index contributed by atoms with van der Waals surface area (Å²) in [6.07, 6.45) is 5.84. The largest absolute Gasteiger partial charge is 0.341 e. The number of tetrazole rings is 1. The van der Waals surface area contributed by atoms with Crippen LogP contribution in [0.4, 0.5) is 0 Å². The molecule has 0 spiro atoms. The third kappa shape index (κ3) is 3.69. The second kappa shape index (κ2) is 7.08. The maximum absolute atomic E-state index is 12.5. The highest BCUT2D eigenvalue weighted by atomic mass is 35.5. The molecule has 1 aromatic carbocycles. The first-order chi connectivity index (χ1) is 11.1. The molecule has 2 aromatic rings. The quantitative estimate of drug-likeness (QED) is 0.863. The zero-order valence-electron chi connectivity index (χ0n) is 13.2. The number of hydrogen-bond acceptors (Lipinski definition) is 4. The third-order valence-corrected chi connectivity index (χ3v) is 4.69. The Morgan fingerprint density at radius 2 is 1.96 bits per heavy atom. The molecule has 1 amide bonds. The molecule has 1 aliphatic carbocycles. The number of nitrogens with zero attached hydrogens (tertiary/aromatic N) is 5. The number of halogens is 1. The summed E-state index contributed by atoms with van der Waals surface area (Å²) in [5, 5.41) is 12.3. The van der Waals surface area contributed by atoms with E-state index in [2.05, 4.69) is 15.5 Å². The van der Waals surface area contributed by atoms with E-state index in [1.165, 1.54) is 19.3 Å². The van der Waals surface area contributed by atoms with Crippen LogP contribution in [0.15, 0.2) is 24.3 Å². The highest BCUT2D eigenvalue weighted by Crippen LogP contribution is 2.22.